The van der Waals surface area contributed by atoms with E-state index in [1.807, 2.05) is 0 Å². The van der Waals surface area contributed by atoms with Crippen molar-refractivity contribution < 1.29 is 9.90 Å². The van der Waals surface area contributed by atoms with Gasteiger partial charge in [-0.1, -0.05) is 15.9 Å². The van der Waals surface area contributed by atoms with Crippen LogP contribution in [-0.2, 0) is 5.33 Å². The van der Waals surface area contributed by atoms with Gasteiger partial charge in [-0.3, -0.25) is 10.3 Å². The zero-order valence-corrected chi connectivity index (χ0v) is 7.58. The topological polar surface area (TPSA) is 75.1 Å². The first-order chi connectivity index (χ1) is 5.72. The maximum Gasteiger partial charge on any atom is 0.410 e. The Bertz CT molecular complexity index is 275. The van der Waals surface area contributed by atoms with Gasteiger partial charge in [-0.05, 0) is 0 Å². The predicted octanol–water partition coefficient (Wildman–Crippen LogP) is 1.46. The number of carbonyl (C=O) groups is 1. The molecule has 1 amide bonds. The number of hydrogen-bond acceptors (Lipinski definition) is 3. The summed E-state index contributed by atoms with van der Waals surface area (Å²) in [5.74, 6) is 0.229. The van der Waals surface area contributed by atoms with E-state index in [1.54, 1.807) is 0 Å². The maximum absolute atomic E-state index is 10.1. The number of aromatic nitrogens is 2. The Kier molecular flexibility index (Phi) is 2.98. The van der Waals surface area contributed by atoms with Gasteiger partial charge in [-0.2, -0.15) is 0 Å². The second-order valence-electron chi connectivity index (χ2n) is 1.96. The zero-order valence-electron chi connectivity index (χ0n) is 5.99. The van der Waals surface area contributed by atoms with E-state index < -0.39 is 6.09 Å². The van der Waals surface area contributed by atoms with Gasteiger partial charge in [0.1, 0.15) is 0 Å². The maximum atomic E-state index is 10.1. The number of hydrogen-bond donors (Lipinski definition) is 2. The standard InChI is InChI=1S/C6H6BrN3O2/c7-1-4-2-9-5(3-8-4)10-6(11)12/h2-3H,1H2,(H,9,10)(H,11,12). The van der Waals surface area contributed by atoms with Crippen LogP contribution in [0.3, 0.4) is 0 Å². The highest BCUT2D eigenvalue weighted by molar-refractivity contribution is 9.08. The lowest BCUT2D eigenvalue weighted by molar-refractivity contribution is 0.209. The summed E-state index contributed by atoms with van der Waals surface area (Å²) in [5.41, 5.74) is 0.755. The minimum absolute atomic E-state index is 0.229. The molecule has 0 spiro atoms. The highest BCUT2D eigenvalue weighted by Crippen LogP contribution is 2.03. The Labute approximate surface area is 77.0 Å². The normalized spacial score (nSPS) is 9.42. The molecule has 0 radical (unpaired) electrons. The molecule has 0 fully saturated rings. The molecule has 2 N–H and O–H groups in total. The Hall–Kier alpha value is -1.17. The van der Waals surface area contributed by atoms with Crippen molar-refractivity contribution in [2.45, 2.75) is 5.33 Å². The molecule has 0 aliphatic heterocycles. The fraction of sp³-hybridized carbons (Fsp3) is 0.167. The number of nitrogens with zero attached hydrogens (tertiary/aromatic N) is 2. The largest absolute Gasteiger partial charge is 0.465 e. The number of alkyl halides is 1. The summed E-state index contributed by atoms with van der Waals surface area (Å²) in [6, 6.07) is 0. The second kappa shape index (κ2) is 4.01. The Balaban J connectivity index is 2.71. The van der Waals surface area contributed by atoms with E-state index >= 15 is 0 Å². The van der Waals surface area contributed by atoms with Crippen molar-refractivity contribution in [2.24, 2.45) is 0 Å². The summed E-state index contributed by atoms with van der Waals surface area (Å²) < 4.78 is 0. The van der Waals surface area contributed by atoms with Crippen LogP contribution < -0.4 is 5.32 Å². The van der Waals surface area contributed by atoms with Crippen LogP contribution in [0.2, 0.25) is 0 Å². The molecule has 0 atom stereocenters. The van der Waals surface area contributed by atoms with E-state index in [0.29, 0.717) is 5.33 Å². The average molecular weight is 232 g/mol. The van der Waals surface area contributed by atoms with Crippen LogP contribution in [0.1, 0.15) is 5.69 Å². The predicted molar refractivity (Wildman–Crippen MR) is 46.3 cm³/mol. The van der Waals surface area contributed by atoms with Gasteiger partial charge in [0.2, 0.25) is 0 Å². The van der Waals surface area contributed by atoms with Crippen molar-refractivity contribution in [3.63, 3.8) is 0 Å². The molecule has 0 bridgehead atoms. The lowest BCUT2D eigenvalue weighted by Crippen LogP contribution is -2.09. The van der Waals surface area contributed by atoms with Crippen LogP contribution >= 0.6 is 15.9 Å². The molecule has 0 aliphatic rings. The molecule has 0 saturated carbocycles. The molecule has 1 aromatic rings. The molecule has 6 heteroatoms. The first-order valence-electron chi connectivity index (χ1n) is 3.09. The fourth-order valence-electron chi connectivity index (χ4n) is 0.598. The third-order valence-corrected chi connectivity index (χ3v) is 1.65. The molecule has 0 aliphatic carbocycles. The van der Waals surface area contributed by atoms with Gasteiger partial charge in [0.05, 0.1) is 18.1 Å². The van der Waals surface area contributed by atoms with Crippen LogP contribution in [0.15, 0.2) is 12.4 Å². The average Bonchev–Trinajstić information content (AvgIpc) is 2.05. The van der Waals surface area contributed by atoms with E-state index in [-0.39, 0.29) is 5.82 Å². The second-order valence-corrected chi connectivity index (χ2v) is 2.52. The van der Waals surface area contributed by atoms with E-state index in [9.17, 15) is 4.79 Å². The molecule has 1 heterocycles. The molecule has 1 aromatic heterocycles. The van der Waals surface area contributed by atoms with Gasteiger partial charge in [0, 0.05) is 5.33 Å². The molecular formula is C6H6BrN3O2. The first kappa shape index (κ1) is 8.92. The van der Waals surface area contributed by atoms with Gasteiger partial charge >= 0.3 is 6.09 Å². The lowest BCUT2D eigenvalue weighted by Gasteiger charge is -1.98. The van der Waals surface area contributed by atoms with Gasteiger partial charge in [-0.25, -0.2) is 9.78 Å². The summed E-state index contributed by atoms with van der Waals surface area (Å²) in [5, 5.41) is 11.0. The number of amides is 1. The molecular weight excluding hydrogens is 226 g/mol. The van der Waals surface area contributed by atoms with Gasteiger partial charge < -0.3 is 5.11 Å². The summed E-state index contributed by atoms with van der Waals surface area (Å²) in [6.07, 6.45) is 1.72. The van der Waals surface area contributed by atoms with Crippen LogP contribution in [0.5, 0.6) is 0 Å². The first-order valence-corrected chi connectivity index (χ1v) is 4.21. The third kappa shape index (κ3) is 2.46. The number of nitrogens with one attached hydrogen (secondary N) is 1. The Morgan fingerprint density at radius 3 is 2.75 bits per heavy atom. The highest BCUT2D eigenvalue weighted by atomic mass is 79.9. The molecule has 0 unspecified atom stereocenters. The van der Waals surface area contributed by atoms with Crippen molar-refractivity contribution >= 4 is 27.8 Å². The van der Waals surface area contributed by atoms with Crippen molar-refractivity contribution in [1.82, 2.24) is 9.97 Å². The number of halogens is 1. The van der Waals surface area contributed by atoms with Crippen molar-refractivity contribution in [1.29, 1.82) is 0 Å². The molecule has 12 heavy (non-hydrogen) atoms. The van der Waals surface area contributed by atoms with Crippen molar-refractivity contribution in [3.8, 4) is 0 Å². The Morgan fingerprint density at radius 1 is 1.58 bits per heavy atom. The number of anilines is 1. The SMILES string of the molecule is O=C(O)Nc1cnc(CBr)cn1. The third-order valence-electron chi connectivity index (χ3n) is 1.08. The smallest absolute Gasteiger partial charge is 0.410 e. The van der Waals surface area contributed by atoms with Gasteiger partial charge in [0.25, 0.3) is 0 Å². The number of rotatable bonds is 2. The van der Waals surface area contributed by atoms with E-state index in [2.05, 4.69) is 31.2 Å². The quantitative estimate of drug-likeness (QED) is 0.757. The molecule has 0 aromatic carbocycles. The summed E-state index contributed by atoms with van der Waals surface area (Å²) in [7, 11) is 0. The molecule has 5 nitrogen and oxygen atoms in total. The van der Waals surface area contributed by atoms with Crippen molar-refractivity contribution in [3.05, 3.63) is 18.1 Å². The van der Waals surface area contributed by atoms with Crippen molar-refractivity contribution in [2.75, 3.05) is 5.32 Å². The highest BCUT2D eigenvalue weighted by Gasteiger charge is 1.98. The summed E-state index contributed by atoms with van der Waals surface area (Å²) in [4.78, 5) is 17.9. The van der Waals surface area contributed by atoms with Gasteiger partial charge in [-0.15, -0.1) is 0 Å². The minimum atomic E-state index is -1.14. The van der Waals surface area contributed by atoms with Gasteiger partial charge in [0.15, 0.2) is 5.82 Å². The number of carboxylic acid groups (broad SMARTS) is 1. The van der Waals surface area contributed by atoms with Crippen LogP contribution in [-0.4, -0.2) is 21.2 Å². The van der Waals surface area contributed by atoms with Crippen LogP contribution in [0.25, 0.3) is 0 Å². The van der Waals surface area contributed by atoms with E-state index in [1.165, 1.54) is 12.4 Å². The monoisotopic (exact) mass is 231 g/mol. The Morgan fingerprint density at radius 2 is 2.33 bits per heavy atom. The summed E-state index contributed by atoms with van der Waals surface area (Å²) >= 11 is 3.19. The zero-order chi connectivity index (χ0) is 8.97. The molecule has 64 valence electrons. The van der Waals surface area contributed by atoms with E-state index in [4.69, 9.17) is 5.11 Å². The summed E-state index contributed by atoms with van der Waals surface area (Å²) in [6.45, 7) is 0. The molecule has 0 saturated heterocycles. The fourth-order valence-corrected chi connectivity index (χ4v) is 0.887. The minimum Gasteiger partial charge on any atom is -0.465 e. The van der Waals surface area contributed by atoms with Crippen LogP contribution in [0, 0.1) is 0 Å². The van der Waals surface area contributed by atoms with Crippen LogP contribution in [0.4, 0.5) is 10.6 Å². The van der Waals surface area contributed by atoms with E-state index in [0.717, 1.165) is 5.69 Å². The molecule has 1 rings (SSSR count). The lowest BCUT2D eigenvalue weighted by atomic mass is 10.5.